The molecule has 0 saturated carbocycles. The molecule has 0 bridgehead atoms. The average Bonchev–Trinajstić information content (AvgIpc) is 2.99. The Morgan fingerprint density at radius 1 is 0.738 bits per heavy atom. The highest BCUT2D eigenvalue weighted by atomic mass is 32.2. The summed E-state index contributed by atoms with van der Waals surface area (Å²) in [6, 6.07) is 28.3. The predicted octanol–water partition coefficient (Wildman–Crippen LogP) is 4.45. The van der Waals surface area contributed by atoms with Gasteiger partial charge in [0.1, 0.15) is 12.4 Å². The van der Waals surface area contributed by atoms with E-state index >= 15 is 0 Å². The highest BCUT2D eigenvalue weighted by molar-refractivity contribution is 7.92. The zero-order valence-electron chi connectivity index (χ0n) is 23.6. The molecular weight excluding hydrogens is 574 g/mol. The van der Waals surface area contributed by atoms with Crippen LogP contribution in [0.4, 0.5) is 5.69 Å². The van der Waals surface area contributed by atoms with Crippen LogP contribution >= 0.6 is 0 Å². The first kappa shape index (κ1) is 30.8. The number of aryl methyl sites for hydroxylation is 1. The van der Waals surface area contributed by atoms with Gasteiger partial charge in [-0.1, -0.05) is 60.2 Å². The lowest BCUT2D eigenvalue weighted by atomic mass is 10.1. The van der Waals surface area contributed by atoms with Gasteiger partial charge in [0.25, 0.3) is 15.9 Å². The maximum Gasteiger partial charge on any atom is 0.264 e. The third-order valence-electron chi connectivity index (χ3n) is 6.45. The number of amides is 1. The van der Waals surface area contributed by atoms with E-state index in [1.54, 1.807) is 60.7 Å². The van der Waals surface area contributed by atoms with Gasteiger partial charge < -0.3 is 10.1 Å². The summed E-state index contributed by atoms with van der Waals surface area (Å²) in [5.74, 6) is -0.0145. The molecule has 1 N–H and O–H groups in total. The lowest BCUT2D eigenvalue weighted by Crippen LogP contribution is -2.34. The Balaban J connectivity index is 1.51. The quantitative estimate of drug-likeness (QED) is 0.238. The Labute approximate surface area is 247 Å². The van der Waals surface area contributed by atoms with Crippen LogP contribution in [0, 0.1) is 6.92 Å². The summed E-state index contributed by atoms with van der Waals surface area (Å²) in [4.78, 5) is 13.6. The van der Waals surface area contributed by atoms with E-state index < -0.39 is 26.0 Å². The molecule has 0 saturated heterocycles. The smallest absolute Gasteiger partial charge is 0.264 e. The molecule has 4 aromatic carbocycles. The van der Waals surface area contributed by atoms with Crippen molar-refractivity contribution in [2.45, 2.75) is 23.3 Å². The summed E-state index contributed by atoms with van der Waals surface area (Å²) in [6.07, 6.45) is 0. The van der Waals surface area contributed by atoms with Gasteiger partial charge >= 0.3 is 0 Å². The van der Waals surface area contributed by atoms with E-state index in [1.165, 1.54) is 30.5 Å². The van der Waals surface area contributed by atoms with Crippen molar-refractivity contribution < 1.29 is 26.4 Å². The first-order valence-corrected chi connectivity index (χ1v) is 16.0. The molecular formula is C31H33N3O6S2. The number of sulfonamides is 2. The van der Waals surface area contributed by atoms with E-state index in [-0.39, 0.29) is 40.7 Å². The second-order valence-electron chi connectivity index (χ2n) is 9.69. The minimum absolute atomic E-state index is 0.0317. The highest BCUT2D eigenvalue weighted by Crippen LogP contribution is 2.29. The number of rotatable bonds is 12. The molecule has 0 spiro atoms. The van der Waals surface area contributed by atoms with Gasteiger partial charge in [0, 0.05) is 14.1 Å². The van der Waals surface area contributed by atoms with Gasteiger partial charge in [-0.15, -0.1) is 0 Å². The van der Waals surface area contributed by atoms with Crippen LogP contribution in [0.2, 0.25) is 0 Å². The number of benzene rings is 4. The normalized spacial score (nSPS) is 11.7. The van der Waals surface area contributed by atoms with Gasteiger partial charge in [0.15, 0.2) is 0 Å². The van der Waals surface area contributed by atoms with Crippen molar-refractivity contribution in [1.82, 2.24) is 9.62 Å². The Kier molecular flexibility index (Phi) is 9.66. The Hall–Kier alpha value is -4.19. The fourth-order valence-corrected chi connectivity index (χ4v) is 6.49. The SMILES string of the molecule is Cc1ccc(S(=O)(=O)N(Cc2ccccc2)c2ccccc2C(=O)NCCOc2ccc(S(=O)(=O)N(C)C)cc2)cc1. The van der Waals surface area contributed by atoms with Crippen molar-refractivity contribution in [2.24, 2.45) is 0 Å². The summed E-state index contributed by atoms with van der Waals surface area (Å²) in [6.45, 7) is 2.16. The van der Waals surface area contributed by atoms with Crippen LogP contribution in [0.15, 0.2) is 113 Å². The lowest BCUT2D eigenvalue weighted by molar-refractivity contribution is 0.0947. The highest BCUT2D eigenvalue weighted by Gasteiger charge is 2.28. The van der Waals surface area contributed by atoms with Crippen molar-refractivity contribution in [3.8, 4) is 5.75 Å². The van der Waals surface area contributed by atoms with Crippen LogP contribution < -0.4 is 14.4 Å². The third-order valence-corrected chi connectivity index (χ3v) is 10.1. The van der Waals surface area contributed by atoms with Crippen molar-refractivity contribution in [3.05, 3.63) is 120 Å². The molecule has 0 atom stereocenters. The number of carbonyl (C=O) groups excluding carboxylic acids is 1. The molecule has 1 amide bonds. The van der Waals surface area contributed by atoms with Gasteiger partial charge in [-0.25, -0.2) is 21.1 Å². The first-order chi connectivity index (χ1) is 20.0. The number of nitrogens with zero attached hydrogens (tertiary/aromatic N) is 2. The van der Waals surface area contributed by atoms with Crippen LogP contribution in [0.25, 0.3) is 0 Å². The van der Waals surface area contributed by atoms with Crippen LogP contribution in [-0.4, -0.2) is 54.3 Å². The van der Waals surface area contributed by atoms with E-state index in [0.29, 0.717) is 5.75 Å². The number of nitrogens with one attached hydrogen (secondary N) is 1. The minimum Gasteiger partial charge on any atom is -0.492 e. The molecule has 220 valence electrons. The predicted molar refractivity (Wildman–Crippen MR) is 163 cm³/mol. The molecule has 0 aromatic heterocycles. The number of carbonyl (C=O) groups is 1. The summed E-state index contributed by atoms with van der Waals surface area (Å²) in [5.41, 5.74) is 2.14. The lowest BCUT2D eigenvalue weighted by Gasteiger charge is -2.26. The van der Waals surface area contributed by atoms with E-state index in [4.69, 9.17) is 4.74 Å². The molecule has 0 radical (unpaired) electrons. The summed E-state index contributed by atoms with van der Waals surface area (Å²) in [7, 11) is -4.66. The minimum atomic E-state index is -4.02. The Bertz CT molecular complexity index is 1720. The number of anilines is 1. The first-order valence-electron chi connectivity index (χ1n) is 13.2. The van der Waals surface area contributed by atoms with E-state index in [1.807, 2.05) is 37.3 Å². The summed E-state index contributed by atoms with van der Waals surface area (Å²) < 4.78 is 60.3. The van der Waals surface area contributed by atoms with Crippen LogP contribution in [0.1, 0.15) is 21.5 Å². The Morgan fingerprint density at radius 3 is 1.95 bits per heavy atom. The molecule has 0 aliphatic heterocycles. The molecule has 0 aliphatic rings. The van der Waals surface area contributed by atoms with E-state index in [0.717, 1.165) is 15.4 Å². The average molecular weight is 608 g/mol. The van der Waals surface area contributed by atoms with Crippen LogP contribution in [0.5, 0.6) is 5.75 Å². The van der Waals surface area contributed by atoms with Crippen LogP contribution in [0.3, 0.4) is 0 Å². The molecule has 0 unspecified atom stereocenters. The topological polar surface area (TPSA) is 113 Å². The van der Waals surface area contributed by atoms with Crippen molar-refractivity contribution in [3.63, 3.8) is 0 Å². The molecule has 4 rings (SSSR count). The van der Waals surface area contributed by atoms with Crippen molar-refractivity contribution >= 4 is 31.6 Å². The van der Waals surface area contributed by atoms with Gasteiger partial charge in [-0.3, -0.25) is 9.10 Å². The molecule has 0 heterocycles. The fraction of sp³-hybridized carbons (Fsp3) is 0.194. The second-order valence-corrected chi connectivity index (χ2v) is 13.7. The fourth-order valence-electron chi connectivity index (χ4n) is 4.12. The van der Waals surface area contributed by atoms with Gasteiger partial charge in [-0.2, -0.15) is 0 Å². The summed E-state index contributed by atoms with van der Waals surface area (Å²) >= 11 is 0. The van der Waals surface area contributed by atoms with Crippen molar-refractivity contribution in [2.75, 3.05) is 31.6 Å². The largest absolute Gasteiger partial charge is 0.492 e. The zero-order chi connectivity index (χ0) is 30.3. The molecule has 9 nitrogen and oxygen atoms in total. The second kappa shape index (κ2) is 13.2. The number of ether oxygens (including phenoxy) is 1. The molecule has 0 aliphatic carbocycles. The van der Waals surface area contributed by atoms with Crippen LogP contribution in [-0.2, 0) is 26.6 Å². The molecule has 4 aromatic rings. The maximum absolute atomic E-state index is 13.9. The van der Waals surface area contributed by atoms with Gasteiger partial charge in [-0.05, 0) is 61.0 Å². The molecule has 0 fully saturated rings. The number of para-hydroxylation sites is 1. The van der Waals surface area contributed by atoms with Gasteiger partial charge in [0.2, 0.25) is 10.0 Å². The number of hydrogen-bond acceptors (Lipinski definition) is 6. The van der Waals surface area contributed by atoms with E-state index in [9.17, 15) is 21.6 Å². The molecule has 11 heteroatoms. The monoisotopic (exact) mass is 607 g/mol. The molecule has 42 heavy (non-hydrogen) atoms. The standard InChI is InChI=1S/C31H33N3O6S2/c1-24-13-17-28(18-14-24)42(38,39)34(23-25-9-5-4-6-10-25)30-12-8-7-11-29(30)31(35)32-21-22-40-26-15-19-27(20-16-26)41(36,37)33(2)3/h4-20H,21-23H2,1-3H3,(H,32,35). The summed E-state index contributed by atoms with van der Waals surface area (Å²) in [5, 5.41) is 2.79. The maximum atomic E-state index is 13.9. The Morgan fingerprint density at radius 2 is 1.31 bits per heavy atom. The zero-order valence-corrected chi connectivity index (χ0v) is 25.2. The third kappa shape index (κ3) is 7.17. The van der Waals surface area contributed by atoms with Crippen molar-refractivity contribution in [1.29, 1.82) is 0 Å². The van der Waals surface area contributed by atoms with E-state index in [2.05, 4.69) is 5.32 Å². The number of hydrogen-bond donors (Lipinski definition) is 1. The van der Waals surface area contributed by atoms with Gasteiger partial charge in [0.05, 0.1) is 34.1 Å².